The Morgan fingerprint density at radius 3 is 2.82 bits per heavy atom. The first-order valence-corrected chi connectivity index (χ1v) is 9.55. The number of carbonyl (C=O) groups excluding carboxylic acids is 1. The maximum Gasteiger partial charge on any atom is 0.316 e. The van der Waals surface area contributed by atoms with Crippen LogP contribution in [0.1, 0.15) is 0 Å². The molecule has 8 heteroatoms. The monoisotopic (exact) mass is 394 g/mol. The summed E-state index contributed by atoms with van der Waals surface area (Å²) >= 11 is 1.28. The third kappa shape index (κ3) is 3.34. The van der Waals surface area contributed by atoms with Crippen LogP contribution in [0.25, 0.3) is 28.0 Å². The second kappa shape index (κ2) is 7.77. The number of fused-ring (bicyclic) bond motifs is 1. The van der Waals surface area contributed by atoms with E-state index < -0.39 is 0 Å². The summed E-state index contributed by atoms with van der Waals surface area (Å²) in [6.45, 7) is 0. The molecule has 0 radical (unpaired) electrons. The van der Waals surface area contributed by atoms with Crippen LogP contribution in [0.5, 0.6) is 5.75 Å². The molecule has 2 aromatic carbocycles. The number of methoxy groups -OCH3 is 2. The Balaban J connectivity index is 1.86. The molecule has 0 unspecified atom stereocenters. The van der Waals surface area contributed by atoms with Crippen LogP contribution in [0.4, 0.5) is 0 Å². The van der Waals surface area contributed by atoms with E-state index in [1.807, 2.05) is 59.3 Å². The third-order valence-corrected chi connectivity index (χ3v) is 5.22. The lowest BCUT2D eigenvalue weighted by Crippen LogP contribution is -2.05. The fraction of sp³-hybridized carbons (Fsp3) is 0.150. The summed E-state index contributed by atoms with van der Waals surface area (Å²) in [6.07, 6.45) is 1.92. The number of hydrogen-bond donors (Lipinski definition) is 1. The number of benzene rings is 2. The standard InChI is InChI=1S/C20H18N4O3S/c1-26-14-7-5-6-13(10-14)24-19(22-23-20(24)28-12-18(25)27-2)16-11-21-17-9-4-3-8-15(16)17/h3-11,21H,12H2,1-2H3. The van der Waals surface area contributed by atoms with Gasteiger partial charge in [0.2, 0.25) is 0 Å². The molecule has 142 valence electrons. The van der Waals surface area contributed by atoms with Gasteiger partial charge in [-0.15, -0.1) is 10.2 Å². The molecule has 2 heterocycles. The largest absolute Gasteiger partial charge is 0.497 e. The Bertz CT molecular complexity index is 1140. The molecule has 1 N–H and O–H groups in total. The van der Waals surface area contributed by atoms with Crippen LogP contribution in [0.3, 0.4) is 0 Å². The van der Waals surface area contributed by atoms with E-state index in [1.165, 1.54) is 18.9 Å². The molecule has 0 bridgehead atoms. The summed E-state index contributed by atoms with van der Waals surface area (Å²) in [6, 6.07) is 15.6. The molecule has 0 saturated heterocycles. The number of thioether (sulfide) groups is 1. The van der Waals surface area contributed by atoms with Gasteiger partial charge in [-0.25, -0.2) is 0 Å². The summed E-state index contributed by atoms with van der Waals surface area (Å²) in [5.41, 5.74) is 2.79. The number of carbonyl (C=O) groups is 1. The number of H-pyrrole nitrogens is 1. The highest BCUT2D eigenvalue weighted by Crippen LogP contribution is 2.33. The lowest BCUT2D eigenvalue weighted by molar-refractivity contribution is -0.137. The zero-order chi connectivity index (χ0) is 19.5. The molecular formula is C20H18N4O3S. The fourth-order valence-corrected chi connectivity index (χ4v) is 3.74. The lowest BCUT2D eigenvalue weighted by Gasteiger charge is -2.11. The number of ether oxygens (including phenoxy) is 2. The molecule has 0 amide bonds. The first kappa shape index (κ1) is 18.1. The lowest BCUT2D eigenvalue weighted by atomic mass is 10.1. The smallest absolute Gasteiger partial charge is 0.316 e. The number of aromatic amines is 1. The fourth-order valence-electron chi connectivity index (χ4n) is 2.96. The van der Waals surface area contributed by atoms with Gasteiger partial charge in [0, 0.05) is 28.7 Å². The quantitative estimate of drug-likeness (QED) is 0.397. The summed E-state index contributed by atoms with van der Waals surface area (Å²) in [7, 11) is 2.99. The van der Waals surface area contributed by atoms with Crippen LogP contribution in [0, 0.1) is 0 Å². The van der Waals surface area contributed by atoms with E-state index in [0.29, 0.717) is 11.0 Å². The van der Waals surface area contributed by atoms with Crippen molar-refractivity contribution in [2.75, 3.05) is 20.0 Å². The second-order valence-electron chi connectivity index (χ2n) is 5.96. The SMILES string of the molecule is COC(=O)CSc1nnc(-c2c[nH]c3ccccc23)n1-c1cccc(OC)c1. The predicted molar refractivity (Wildman–Crippen MR) is 108 cm³/mol. The maximum atomic E-state index is 11.6. The van der Waals surface area contributed by atoms with Gasteiger partial charge >= 0.3 is 5.97 Å². The Morgan fingerprint density at radius 1 is 1.14 bits per heavy atom. The van der Waals surface area contributed by atoms with Gasteiger partial charge in [0.25, 0.3) is 0 Å². The van der Waals surface area contributed by atoms with E-state index >= 15 is 0 Å². The summed E-state index contributed by atoms with van der Waals surface area (Å²) in [4.78, 5) is 14.9. The van der Waals surface area contributed by atoms with Crippen molar-refractivity contribution < 1.29 is 14.3 Å². The number of rotatable bonds is 6. The van der Waals surface area contributed by atoms with Gasteiger partial charge < -0.3 is 14.5 Å². The molecule has 0 saturated carbocycles. The molecule has 0 spiro atoms. The first-order chi connectivity index (χ1) is 13.7. The van der Waals surface area contributed by atoms with Crippen molar-refractivity contribution in [3.63, 3.8) is 0 Å². The summed E-state index contributed by atoms with van der Waals surface area (Å²) < 4.78 is 12.0. The van der Waals surface area contributed by atoms with Gasteiger partial charge in [0.05, 0.1) is 25.7 Å². The van der Waals surface area contributed by atoms with Crippen LogP contribution in [-0.4, -0.2) is 45.7 Å². The van der Waals surface area contributed by atoms with Crippen molar-refractivity contribution in [3.05, 3.63) is 54.7 Å². The Hall–Kier alpha value is -3.26. The highest BCUT2D eigenvalue weighted by atomic mass is 32.2. The molecule has 0 aliphatic rings. The van der Waals surface area contributed by atoms with E-state index in [4.69, 9.17) is 9.47 Å². The predicted octanol–water partition coefficient (Wildman–Crippen LogP) is 3.69. The maximum absolute atomic E-state index is 11.6. The molecule has 4 aromatic rings. The second-order valence-corrected chi connectivity index (χ2v) is 6.90. The molecule has 4 rings (SSSR count). The van der Waals surface area contributed by atoms with Crippen LogP contribution in [0.15, 0.2) is 59.9 Å². The van der Waals surface area contributed by atoms with Gasteiger partial charge in [-0.3, -0.25) is 9.36 Å². The molecule has 7 nitrogen and oxygen atoms in total. The minimum Gasteiger partial charge on any atom is -0.497 e. The zero-order valence-corrected chi connectivity index (χ0v) is 16.2. The molecule has 0 atom stereocenters. The third-order valence-electron chi connectivity index (χ3n) is 4.32. The van der Waals surface area contributed by atoms with Gasteiger partial charge in [-0.2, -0.15) is 0 Å². The normalized spacial score (nSPS) is 10.9. The molecule has 0 fully saturated rings. The molecule has 0 aliphatic heterocycles. The highest BCUT2D eigenvalue weighted by Gasteiger charge is 2.20. The van der Waals surface area contributed by atoms with Crippen molar-refractivity contribution in [2.45, 2.75) is 5.16 Å². The van der Waals surface area contributed by atoms with E-state index in [9.17, 15) is 4.79 Å². The van der Waals surface area contributed by atoms with E-state index in [2.05, 4.69) is 15.2 Å². The van der Waals surface area contributed by atoms with Crippen LogP contribution < -0.4 is 4.74 Å². The van der Waals surface area contributed by atoms with Crippen molar-refractivity contribution >= 4 is 28.6 Å². The number of aromatic nitrogens is 4. The number of esters is 1. The van der Waals surface area contributed by atoms with E-state index in [0.717, 1.165) is 27.9 Å². The van der Waals surface area contributed by atoms with Gasteiger partial charge in [-0.05, 0) is 18.2 Å². The first-order valence-electron chi connectivity index (χ1n) is 8.57. The number of para-hydroxylation sites is 1. The minimum absolute atomic E-state index is 0.145. The van der Waals surface area contributed by atoms with Crippen molar-refractivity contribution in [3.8, 4) is 22.8 Å². The Kier molecular flexibility index (Phi) is 5.03. The minimum atomic E-state index is -0.321. The average Bonchev–Trinajstić information content (AvgIpc) is 3.35. The van der Waals surface area contributed by atoms with E-state index in [-0.39, 0.29) is 11.7 Å². The van der Waals surface area contributed by atoms with Crippen molar-refractivity contribution in [2.24, 2.45) is 0 Å². The van der Waals surface area contributed by atoms with E-state index in [1.54, 1.807) is 7.11 Å². The van der Waals surface area contributed by atoms with Crippen LogP contribution >= 0.6 is 11.8 Å². The topological polar surface area (TPSA) is 82.0 Å². The number of nitrogens with zero attached hydrogens (tertiary/aromatic N) is 3. The molecule has 2 aromatic heterocycles. The van der Waals surface area contributed by atoms with Crippen LogP contribution in [0.2, 0.25) is 0 Å². The van der Waals surface area contributed by atoms with Crippen molar-refractivity contribution in [1.82, 2.24) is 19.7 Å². The Morgan fingerprint density at radius 2 is 2.00 bits per heavy atom. The van der Waals surface area contributed by atoms with Crippen LogP contribution in [-0.2, 0) is 9.53 Å². The Labute approximate surface area is 165 Å². The highest BCUT2D eigenvalue weighted by molar-refractivity contribution is 7.99. The average molecular weight is 394 g/mol. The van der Waals surface area contributed by atoms with Gasteiger partial charge in [0.15, 0.2) is 11.0 Å². The summed E-state index contributed by atoms with van der Waals surface area (Å²) in [5.74, 6) is 1.23. The molecular weight excluding hydrogens is 376 g/mol. The van der Waals surface area contributed by atoms with Gasteiger partial charge in [-0.1, -0.05) is 36.0 Å². The molecule has 28 heavy (non-hydrogen) atoms. The van der Waals surface area contributed by atoms with Gasteiger partial charge in [0.1, 0.15) is 5.75 Å². The molecule has 0 aliphatic carbocycles. The summed E-state index contributed by atoms with van der Waals surface area (Å²) in [5, 5.41) is 10.4. The van der Waals surface area contributed by atoms with Crippen molar-refractivity contribution in [1.29, 1.82) is 0 Å². The number of nitrogens with one attached hydrogen (secondary N) is 1. The number of hydrogen-bond acceptors (Lipinski definition) is 6. The zero-order valence-electron chi connectivity index (χ0n) is 15.4.